The Kier molecular flexibility index (Phi) is 6.62. The van der Waals surface area contributed by atoms with Gasteiger partial charge in [0.2, 0.25) is 0 Å². The van der Waals surface area contributed by atoms with Gasteiger partial charge < -0.3 is 28.9 Å². The van der Waals surface area contributed by atoms with Crippen LogP contribution in [0.2, 0.25) is 0 Å². The summed E-state index contributed by atoms with van der Waals surface area (Å²) in [5.74, 6) is 1.04. The third-order valence-corrected chi connectivity index (χ3v) is 2.55. The molecular weight excluding hydrogens is 249 g/mol. The summed E-state index contributed by atoms with van der Waals surface area (Å²) in [5, 5.41) is 0. The maximum Gasteiger partial charge on any atom is 0.0797 e. The number of hydrogen-bond donors (Lipinski definition) is 1. The van der Waals surface area contributed by atoms with E-state index in [4.69, 9.17) is 0 Å². The minimum absolute atomic E-state index is 0. The molecule has 0 radical (unpaired) electrons. The summed E-state index contributed by atoms with van der Waals surface area (Å²) < 4.78 is 0. The molecule has 2 heteroatoms. The molecule has 0 bridgehead atoms. The van der Waals surface area contributed by atoms with E-state index in [0.717, 1.165) is 5.92 Å². The van der Waals surface area contributed by atoms with E-state index in [1.807, 2.05) is 0 Å². The maximum atomic E-state index is 2.32. The van der Waals surface area contributed by atoms with E-state index in [2.05, 4.69) is 14.0 Å². The van der Waals surface area contributed by atoms with Crippen molar-refractivity contribution in [3.63, 3.8) is 0 Å². The number of quaternary nitrogens is 1. The van der Waals surface area contributed by atoms with Crippen molar-refractivity contribution in [2.24, 2.45) is 5.92 Å². The fourth-order valence-corrected chi connectivity index (χ4v) is 2.04. The molecule has 1 fully saturated rings. The van der Waals surface area contributed by atoms with Gasteiger partial charge in [-0.2, -0.15) is 0 Å². The normalized spacial score (nSPS) is 31.1. The molecule has 1 nitrogen and oxygen atoms in total. The molecule has 1 saturated heterocycles. The Bertz CT molecular complexity index is 93.6. The van der Waals surface area contributed by atoms with Gasteiger partial charge in [0.05, 0.1) is 20.1 Å². The lowest BCUT2D eigenvalue weighted by Crippen LogP contribution is -3.10. The third-order valence-electron chi connectivity index (χ3n) is 2.55. The fourth-order valence-electron chi connectivity index (χ4n) is 2.04. The molecule has 0 amide bonds. The van der Waals surface area contributed by atoms with Crippen molar-refractivity contribution in [2.45, 2.75) is 32.6 Å². The largest absolute Gasteiger partial charge is 1.00 e. The Morgan fingerprint density at radius 2 is 2.18 bits per heavy atom. The smallest absolute Gasteiger partial charge is 0.0797 e. The predicted molar refractivity (Wildman–Crippen MR) is 44.3 cm³/mol. The van der Waals surface area contributed by atoms with Gasteiger partial charge >= 0.3 is 0 Å². The number of piperidine rings is 1. The number of nitrogens with one attached hydrogen (secondary N) is 1. The lowest BCUT2D eigenvalue weighted by Gasteiger charge is -2.26. The molecule has 0 aromatic rings. The predicted octanol–water partition coefficient (Wildman–Crippen LogP) is -2.28. The second-order valence-electron chi connectivity index (χ2n) is 3.71. The van der Waals surface area contributed by atoms with E-state index >= 15 is 0 Å². The van der Waals surface area contributed by atoms with Crippen LogP contribution in [0.1, 0.15) is 32.6 Å². The molecule has 1 N–H and O–H groups in total. The van der Waals surface area contributed by atoms with Crippen molar-refractivity contribution in [3.05, 3.63) is 0 Å². The summed E-state index contributed by atoms with van der Waals surface area (Å²) in [4.78, 5) is 1.74. The van der Waals surface area contributed by atoms with Crippen LogP contribution in [0.15, 0.2) is 0 Å². The molecule has 2 atom stereocenters. The average Bonchev–Trinajstić information content (AvgIpc) is 1.88. The highest BCUT2D eigenvalue weighted by molar-refractivity contribution is 4.59. The number of halogens is 1. The first-order valence-electron chi connectivity index (χ1n) is 4.64. The van der Waals surface area contributed by atoms with Crippen LogP contribution in [-0.4, -0.2) is 20.1 Å². The number of hydrogen-bond acceptors (Lipinski definition) is 0. The highest BCUT2D eigenvalue weighted by Gasteiger charge is 2.18. The SMILES string of the molecule is CCCC1CCC[NH+](C)C1.[I-]. The van der Waals surface area contributed by atoms with Gasteiger partial charge in [0.1, 0.15) is 0 Å². The van der Waals surface area contributed by atoms with Gasteiger partial charge in [0.15, 0.2) is 0 Å². The maximum absolute atomic E-state index is 2.32. The zero-order valence-electron chi connectivity index (χ0n) is 7.70. The monoisotopic (exact) mass is 269 g/mol. The van der Waals surface area contributed by atoms with Crippen LogP contribution in [0, 0.1) is 5.92 Å². The first kappa shape index (κ1) is 11.7. The molecular formula is C9H20IN. The second kappa shape index (κ2) is 6.23. The van der Waals surface area contributed by atoms with Crippen molar-refractivity contribution in [1.29, 1.82) is 0 Å². The van der Waals surface area contributed by atoms with Crippen molar-refractivity contribution in [1.82, 2.24) is 0 Å². The highest BCUT2D eigenvalue weighted by Crippen LogP contribution is 2.12. The van der Waals surface area contributed by atoms with Gasteiger partial charge in [-0.05, 0) is 19.3 Å². The summed E-state index contributed by atoms with van der Waals surface area (Å²) in [5.41, 5.74) is 0. The molecule has 1 aliphatic rings. The van der Waals surface area contributed by atoms with Crippen LogP contribution in [0.25, 0.3) is 0 Å². The van der Waals surface area contributed by atoms with Gasteiger partial charge in [-0.15, -0.1) is 0 Å². The van der Waals surface area contributed by atoms with Crippen LogP contribution < -0.4 is 28.9 Å². The fraction of sp³-hybridized carbons (Fsp3) is 1.00. The third kappa shape index (κ3) is 4.31. The van der Waals surface area contributed by atoms with Gasteiger partial charge in [-0.25, -0.2) is 0 Å². The topological polar surface area (TPSA) is 4.44 Å². The molecule has 1 rings (SSSR count). The van der Waals surface area contributed by atoms with Crippen molar-refractivity contribution < 1.29 is 28.9 Å². The highest BCUT2D eigenvalue weighted by atomic mass is 127. The number of likely N-dealkylation sites (tertiary alicyclic amines) is 1. The summed E-state index contributed by atoms with van der Waals surface area (Å²) in [6, 6.07) is 0. The quantitative estimate of drug-likeness (QED) is 0.539. The molecule has 1 heterocycles. The molecule has 11 heavy (non-hydrogen) atoms. The van der Waals surface area contributed by atoms with Crippen LogP contribution >= 0.6 is 0 Å². The van der Waals surface area contributed by atoms with Gasteiger partial charge in [0.25, 0.3) is 0 Å². The molecule has 2 unspecified atom stereocenters. The number of rotatable bonds is 2. The minimum Gasteiger partial charge on any atom is -1.00 e. The van der Waals surface area contributed by atoms with Crippen molar-refractivity contribution in [2.75, 3.05) is 20.1 Å². The van der Waals surface area contributed by atoms with Gasteiger partial charge in [-0.1, -0.05) is 13.3 Å². The van der Waals surface area contributed by atoms with E-state index in [1.165, 1.54) is 38.8 Å². The van der Waals surface area contributed by atoms with E-state index in [9.17, 15) is 0 Å². The second-order valence-corrected chi connectivity index (χ2v) is 3.71. The molecule has 0 aromatic heterocycles. The molecule has 0 aliphatic carbocycles. The van der Waals surface area contributed by atoms with Crippen LogP contribution in [0.4, 0.5) is 0 Å². The zero-order valence-corrected chi connectivity index (χ0v) is 9.86. The lowest BCUT2D eigenvalue weighted by molar-refractivity contribution is -0.888. The Morgan fingerprint density at radius 3 is 2.73 bits per heavy atom. The Morgan fingerprint density at radius 1 is 1.45 bits per heavy atom. The van der Waals surface area contributed by atoms with E-state index in [-0.39, 0.29) is 24.0 Å². The summed E-state index contributed by atoms with van der Waals surface area (Å²) in [7, 11) is 2.32. The molecule has 0 spiro atoms. The standard InChI is InChI=1S/C9H19N.HI/c1-3-5-9-6-4-7-10(2)8-9;/h9H,3-8H2,1-2H3;1H. The van der Waals surface area contributed by atoms with E-state index in [1.54, 1.807) is 4.90 Å². The van der Waals surface area contributed by atoms with Crippen LogP contribution in [-0.2, 0) is 0 Å². The molecule has 0 aromatic carbocycles. The molecule has 0 saturated carbocycles. The Hall–Kier alpha value is 0.690. The summed E-state index contributed by atoms with van der Waals surface area (Å²) >= 11 is 0. The summed E-state index contributed by atoms with van der Waals surface area (Å²) in [6.07, 6.45) is 5.77. The van der Waals surface area contributed by atoms with E-state index in [0.29, 0.717) is 0 Å². The van der Waals surface area contributed by atoms with E-state index < -0.39 is 0 Å². The lowest BCUT2D eigenvalue weighted by atomic mass is 9.94. The van der Waals surface area contributed by atoms with Gasteiger partial charge in [-0.3, -0.25) is 0 Å². The average molecular weight is 269 g/mol. The molecule has 1 aliphatic heterocycles. The molecule has 68 valence electrons. The summed E-state index contributed by atoms with van der Waals surface area (Å²) in [6.45, 7) is 5.12. The Balaban J connectivity index is 0.000001000. The first-order valence-corrected chi connectivity index (χ1v) is 4.64. The van der Waals surface area contributed by atoms with Crippen molar-refractivity contribution in [3.8, 4) is 0 Å². The Labute approximate surface area is 87.6 Å². The van der Waals surface area contributed by atoms with Gasteiger partial charge in [0, 0.05) is 5.92 Å². The van der Waals surface area contributed by atoms with Crippen LogP contribution in [0.5, 0.6) is 0 Å². The minimum atomic E-state index is 0. The zero-order chi connectivity index (χ0) is 7.40. The first-order chi connectivity index (χ1) is 4.83. The van der Waals surface area contributed by atoms with Crippen molar-refractivity contribution >= 4 is 0 Å². The van der Waals surface area contributed by atoms with Crippen LogP contribution in [0.3, 0.4) is 0 Å².